The van der Waals surface area contributed by atoms with E-state index in [4.69, 9.17) is 30.5 Å². The minimum absolute atomic E-state index is 0.182. The molecule has 0 aliphatic carbocycles. The molecule has 8 nitrogen and oxygen atoms in total. The van der Waals surface area contributed by atoms with Gasteiger partial charge in [0.2, 0.25) is 0 Å². The Kier molecular flexibility index (Phi) is 9.62. The lowest BCUT2D eigenvalue weighted by atomic mass is 9.98. The quantitative estimate of drug-likeness (QED) is 0.189. The highest BCUT2D eigenvalue weighted by Crippen LogP contribution is 2.40. The van der Waals surface area contributed by atoms with E-state index in [2.05, 4.69) is 6.07 Å². The molecule has 1 N–H and O–H groups in total. The number of ether oxygens (including phenoxy) is 4. The Morgan fingerprint density at radius 3 is 2.65 bits per heavy atom. The SMILES string of the molecule is Cc1c(COc2ccc(CN3CCCCC3C(=O)O)c(OCc3cccc(C#N)c3)c2Cl)cccc1[C@H]1COc2ccccc2O1. The Labute approximate surface area is 273 Å². The molecule has 236 valence electrons. The molecule has 1 fully saturated rings. The van der Waals surface area contributed by atoms with Gasteiger partial charge >= 0.3 is 5.97 Å². The van der Waals surface area contributed by atoms with Crippen LogP contribution in [-0.2, 0) is 24.6 Å². The van der Waals surface area contributed by atoms with E-state index in [1.165, 1.54) is 0 Å². The molecule has 46 heavy (non-hydrogen) atoms. The highest BCUT2D eigenvalue weighted by Gasteiger charge is 2.30. The minimum Gasteiger partial charge on any atom is -0.487 e. The first-order valence-corrected chi connectivity index (χ1v) is 15.8. The topological polar surface area (TPSA) is 101 Å². The van der Waals surface area contributed by atoms with Crippen LogP contribution in [0.25, 0.3) is 0 Å². The highest BCUT2D eigenvalue weighted by atomic mass is 35.5. The van der Waals surface area contributed by atoms with E-state index in [0.717, 1.165) is 52.2 Å². The fourth-order valence-corrected chi connectivity index (χ4v) is 6.37. The summed E-state index contributed by atoms with van der Waals surface area (Å²) in [5.41, 5.74) is 5.17. The zero-order valence-corrected chi connectivity index (χ0v) is 26.3. The standard InChI is InChI=1S/C37H35ClN2O6/c1-24-28(10-7-11-29(24)34-23-44-31-13-2-3-14-32(31)46-34)22-43-33-16-15-27(20-40-17-5-4-12-30(40)37(41)42)36(35(33)38)45-21-26-9-6-8-25(18-26)19-39/h2-3,6-11,13-16,18,30,34H,4-5,12,17,20-23H2,1H3,(H,41,42)/t30?,34-/m1/s1. The number of rotatable bonds is 10. The number of carbonyl (C=O) groups is 1. The lowest BCUT2D eigenvalue weighted by Crippen LogP contribution is -2.44. The van der Waals surface area contributed by atoms with Gasteiger partial charge in [-0.05, 0) is 78.9 Å². The van der Waals surface area contributed by atoms with Crippen molar-refractivity contribution in [3.63, 3.8) is 0 Å². The van der Waals surface area contributed by atoms with E-state index in [-0.39, 0.29) is 19.3 Å². The summed E-state index contributed by atoms with van der Waals surface area (Å²) in [4.78, 5) is 14.0. The van der Waals surface area contributed by atoms with Crippen LogP contribution < -0.4 is 18.9 Å². The van der Waals surface area contributed by atoms with Crippen molar-refractivity contribution in [2.45, 2.75) is 58.1 Å². The number of piperidine rings is 1. The Bertz CT molecular complexity index is 1770. The van der Waals surface area contributed by atoms with E-state index in [1.54, 1.807) is 12.1 Å². The molecule has 2 aliphatic rings. The first kappa shape index (κ1) is 31.3. The van der Waals surface area contributed by atoms with Crippen molar-refractivity contribution in [2.75, 3.05) is 13.2 Å². The summed E-state index contributed by atoms with van der Waals surface area (Å²) in [5.74, 6) is 1.53. The van der Waals surface area contributed by atoms with Crippen LogP contribution in [0.1, 0.15) is 58.7 Å². The largest absolute Gasteiger partial charge is 0.487 e. The number of hydrogen-bond donors (Lipinski definition) is 1. The maximum atomic E-state index is 12.0. The molecular formula is C37H35ClN2O6. The van der Waals surface area contributed by atoms with E-state index >= 15 is 0 Å². The molecule has 4 aromatic carbocycles. The van der Waals surface area contributed by atoms with Gasteiger partial charge in [0, 0.05) is 12.1 Å². The predicted octanol–water partition coefficient (Wildman–Crippen LogP) is 7.63. The molecule has 1 saturated heterocycles. The molecule has 2 atom stereocenters. The summed E-state index contributed by atoms with van der Waals surface area (Å²) in [6, 6.07) is 26.2. The minimum atomic E-state index is -0.825. The zero-order chi connectivity index (χ0) is 32.0. The number of benzene rings is 4. The molecular weight excluding hydrogens is 604 g/mol. The van der Waals surface area contributed by atoms with Gasteiger partial charge < -0.3 is 24.1 Å². The number of carboxylic acid groups (broad SMARTS) is 1. The monoisotopic (exact) mass is 638 g/mol. The third-order valence-electron chi connectivity index (χ3n) is 8.58. The average molecular weight is 639 g/mol. The van der Waals surface area contributed by atoms with Gasteiger partial charge in [-0.15, -0.1) is 0 Å². The number of likely N-dealkylation sites (tertiary alicyclic amines) is 1. The number of halogens is 1. The molecule has 0 bridgehead atoms. The second-order valence-electron chi connectivity index (χ2n) is 11.6. The van der Waals surface area contributed by atoms with Crippen LogP contribution in [0.5, 0.6) is 23.0 Å². The molecule has 2 aliphatic heterocycles. The number of aliphatic carboxylic acids is 1. The van der Waals surface area contributed by atoms with Gasteiger partial charge in [0.25, 0.3) is 0 Å². The highest BCUT2D eigenvalue weighted by molar-refractivity contribution is 6.33. The molecule has 0 saturated carbocycles. The first-order chi connectivity index (χ1) is 22.4. The van der Waals surface area contributed by atoms with E-state index in [1.807, 2.05) is 78.6 Å². The van der Waals surface area contributed by atoms with Crippen molar-refractivity contribution in [2.24, 2.45) is 0 Å². The fraction of sp³-hybridized carbons (Fsp3) is 0.297. The van der Waals surface area contributed by atoms with Crippen LogP contribution in [-0.4, -0.2) is 35.2 Å². The summed E-state index contributed by atoms with van der Waals surface area (Å²) in [5, 5.41) is 19.5. The van der Waals surface area contributed by atoms with Crippen molar-refractivity contribution >= 4 is 17.6 Å². The number of fused-ring (bicyclic) bond motifs is 1. The Hall–Kier alpha value is -4.71. The summed E-state index contributed by atoms with van der Waals surface area (Å²) in [6.45, 7) is 3.95. The second kappa shape index (κ2) is 14.2. The summed E-state index contributed by atoms with van der Waals surface area (Å²) in [7, 11) is 0. The lowest BCUT2D eigenvalue weighted by Gasteiger charge is -2.33. The smallest absolute Gasteiger partial charge is 0.320 e. The molecule has 1 unspecified atom stereocenters. The van der Waals surface area contributed by atoms with E-state index in [9.17, 15) is 15.2 Å². The molecule has 2 heterocycles. The third kappa shape index (κ3) is 6.91. The van der Waals surface area contributed by atoms with Crippen LogP contribution in [0.15, 0.2) is 78.9 Å². The first-order valence-electron chi connectivity index (χ1n) is 15.4. The Balaban J connectivity index is 1.23. The summed E-state index contributed by atoms with van der Waals surface area (Å²) in [6.07, 6.45) is 2.16. The van der Waals surface area contributed by atoms with E-state index in [0.29, 0.717) is 48.2 Å². The summed E-state index contributed by atoms with van der Waals surface area (Å²) < 4.78 is 24.8. The van der Waals surface area contributed by atoms with E-state index < -0.39 is 12.0 Å². The lowest BCUT2D eigenvalue weighted by molar-refractivity contribution is -0.144. The van der Waals surface area contributed by atoms with Crippen LogP contribution in [0.4, 0.5) is 0 Å². The van der Waals surface area contributed by atoms with Crippen LogP contribution >= 0.6 is 11.6 Å². The van der Waals surface area contributed by atoms with Crippen LogP contribution in [0.2, 0.25) is 5.02 Å². The fourth-order valence-electron chi connectivity index (χ4n) is 6.07. The molecule has 0 amide bonds. The number of carboxylic acids is 1. The Morgan fingerprint density at radius 2 is 1.83 bits per heavy atom. The van der Waals surface area contributed by atoms with Gasteiger partial charge in [-0.1, -0.05) is 66.6 Å². The van der Waals surface area contributed by atoms with Crippen LogP contribution in [0.3, 0.4) is 0 Å². The number of nitrogens with zero attached hydrogens (tertiary/aromatic N) is 2. The maximum absolute atomic E-state index is 12.0. The summed E-state index contributed by atoms with van der Waals surface area (Å²) >= 11 is 6.99. The van der Waals surface area contributed by atoms with Gasteiger partial charge in [-0.2, -0.15) is 5.26 Å². The van der Waals surface area contributed by atoms with Gasteiger partial charge in [-0.25, -0.2) is 0 Å². The molecule has 6 rings (SSSR count). The van der Waals surface area contributed by atoms with Crippen molar-refractivity contribution < 1.29 is 28.8 Å². The third-order valence-corrected chi connectivity index (χ3v) is 8.94. The van der Waals surface area contributed by atoms with Gasteiger partial charge in [-0.3, -0.25) is 9.69 Å². The number of para-hydroxylation sites is 2. The van der Waals surface area contributed by atoms with Crippen molar-refractivity contribution in [3.05, 3.63) is 117 Å². The predicted molar refractivity (Wildman–Crippen MR) is 173 cm³/mol. The Morgan fingerprint density at radius 1 is 1.00 bits per heavy atom. The molecule has 0 aromatic heterocycles. The van der Waals surface area contributed by atoms with Gasteiger partial charge in [0.05, 0.1) is 11.6 Å². The van der Waals surface area contributed by atoms with Crippen molar-refractivity contribution in [1.82, 2.24) is 4.90 Å². The molecule has 0 spiro atoms. The maximum Gasteiger partial charge on any atom is 0.320 e. The van der Waals surface area contributed by atoms with Crippen LogP contribution in [0, 0.1) is 18.3 Å². The molecule has 9 heteroatoms. The molecule has 4 aromatic rings. The van der Waals surface area contributed by atoms with Crippen molar-refractivity contribution in [1.29, 1.82) is 5.26 Å². The zero-order valence-electron chi connectivity index (χ0n) is 25.6. The normalized spacial score (nSPS) is 17.6. The van der Waals surface area contributed by atoms with Gasteiger partial charge in [0.15, 0.2) is 17.6 Å². The van der Waals surface area contributed by atoms with Crippen molar-refractivity contribution in [3.8, 4) is 29.1 Å². The number of hydrogen-bond acceptors (Lipinski definition) is 7. The molecule has 0 radical (unpaired) electrons. The van der Waals surface area contributed by atoms with Gasteiger partial charge in [0.1, 0.15) is 42.4 Å². The average Bonchev–Trinajstić information content (AvgIpc) is 3.08. The number of nitriles is 1. The second-order valence-corrected chi connectivity index (χ2v) is 11.9.